The van der Waals surface area contributed by atoms with Crippen molar-refractivity contribution in [1.82, 2.24) is 5.16 Å². The quantitative estimate of drug-likeness (QED) is 0.671. The SMILES string of the molecule is Cc1ccc(-c2c(-c3cc(Br)ccc3Cl)noc2N)cc1. The van der Waals surface area contributed by atoms with E-state index in [4.69, 9.17) is 21.9 Å². The molecule has 0 saturated carbocycles. The van der Waals surface area contributed by atoms with Gasteiger partial charge in [0.2, 0.25) is 5.88 Å². The van der Waals surface area contributed by atoms with E-state index in [1.54, 1.807) is 0 Å². The first kappa shape index (κ1) is 14.2. The van der Waals surface area contributed by atoms with E-state index in [9.17, 15) is 0 Å². The third-order valence-corrected chi connectivity index (χ3v) is 4.07. The van der Waals surface area contributed by atoms with Crippen molar-refractivity contribution in [3.8, 4) is 22.4 Å². The maximum atomic E-state index is 6.28. The zero-order valence-electron chi connectivity index (χ0n) is 11.2. The molecule has 0 atom stereocenters. The average Bonchev–Trinajstić information content (AvgIpc) is 2.84. The summed E-state index contributed by atoms with van der Waals surface area (Å²) in [5, 5.41) is 4.68. The summed E-state index contributed by atoms with van der Waals surface area (Å²) in [5.41, 5.74) is 10.3. The van der Waals surface area contributed by atoms with Crippen molar-refractivity contribution in [2.75, 3.05) is 5.73 Å². The normalized spacial score (nSPS) is 10.8. The Bertz CT molecular complexity index is 797. The van der Waals surface area contributed by atoms with Crippen LogP contribution in [0.1, 0.15) is 5.56 Å². The largest absolute Gasteiger partial charge is 0.367 e. The molecule has 1 aromatic heterocycles. The van der Waals surface area contributed by atoms with Gasteiger partial charge in [0.1, 0.15) is 5.69 Å². The predicted octanol–water partition coefficient (Wildman–Crippen LogP) is 5.32. The third-order valence-electron chi connectivity index (χ3n) is 3.24. The number of nitrogen functional groups attached to an aromatic ring is 1. The van der Waals surface area contributed by atoms with Gasteiger partial charge in [-0.2, -0.15) is 0 Å². The van der Waals surface area contributed by atoms with Crippen molar-refractivity contribution in [2.24, 2.45) is 0 Å². The Morgan fingerprint density at radius 2 is 1.86 bits per heavy atom. The summed E-state index contributed by atoms with van der Waals surface area (Å²) in [6, 6.07) is 13.6. The van der Waals surface area contributed by atoms with E-state index < -0.39 is 0 Å². The smallest absolute Gasteiger partial charge is 0.230 e. The first-order valence-corrected chi connectivity index (χ1v) is 7.51. The molecule has 0 aliphatic carbocycles. The Morgan fingerprint density at radius 1 is 1.14 bits per heavy atom. The number of aromatic nitrogens is 1. The lowest BCUT2D eigenvalue weighted by Gasteiger charge is -2.06. The summed E-state index contributed by atoms with van der Waals surface area (Å²) in [7, 11) is 0. The molecule has 0 saturated heterocycles. The van der Waals surface area contributed by atoms with Crippen LogP contribution < -0.4 is 5.73 Å². The molecule has 3 nitrogen and oxygen atoms in total. The lowest BCUT2D eigenvalue weighted by molar-refractivity contribution is 0.439. The second kappa shape index (κ2) is 5.54. The molecule has 2 aromatic carbocycles. The molecule has 5 heteroatoms. The molecule has 21 heavy (non-hydrogen) atoms. The fraction of sp³-hybridized carbons (Fsp3) is 0.0625. The van der Waals surface area contributed by atoms with Gasteiger partial charge in [-0.3, -0.25) is 0 Å². The van der Waals surface area contributed by atoms with Crippen molar-refractivity contribution in [1.29, 1.82) is 0 Å². The Kier molecular flexibility index (Phi) is 3.74. The summed E-state index contributed by atoms with van der Waals surface area (Å²) < 4.78 is 6.10. The molecule has 0 spiro atoms. The fourth-order valence-electron chi connectivity index (χ4n) is 2.16. The topological polar surface area (TPSA) is 52.0 Å². The summed E-state index contributed by atoms with van der Waals surface area (Å²) in [6.45, 7) is 2.03. The number of nitrogens with zero attached hydrogens (tertiary/aromatic N) is 1. The van der Waals surface area contributed by atoms with Crippen molar-refractivity contribution >= 4 is 33.4 Å². The fourth-order valence-corrected chi connectivity index (χ4v) is 2.73. The Hall–Kier alpha value is -1.78. The van der Waals surface area contributed by atoms with Crippen molar-refractivity contribution in [3.63, 3.8) is 0 Å². The van der Waals surface area contributed by atoms with Crippen LogP contribution in [0.2, 0.25) is 5.02 Å². The van der Waals surface area contributed by atoms with Crippen molar-refractivity contribution in [3.05, 3.63) is 57.5 Å². The van der Waals surface area contributed by atoms with Crippen molar-refractivity contribution < 1.29 is 4.52 Å². The highest BCUT2D eigenvalue weighted by Crippen LogP contribution is 2.39. The Labute approximate surface area is 135 Å². The summed E-state index contributed by atoms with van der Waals surface area (Å²) in [5.74, 6) is 0.282. The van der Waals surface area contributed by atoms with Crippen LogP contribution in [-0.2, 0) is 0 Å². The monoisotopic (exact) mass is 362 g/mol. The minimum absolute atomic E-state index is 0.282. The van der Waals surface area contributed by atoms with E-state index in [0.29, 0.717) is 10.7 Å². The minimum atomic E-state index is 0.282. The molecule has 2 N–H and O–H groups in total. The molecule has 0 aliphatic rings. The highest BCUT2D eigenvalue weighted by molar-refractivity contribution is 9.10. The summed E-state index contributed by atoms with van der Waals surface area (Å²) in [6.07, 6.45) is 0. The lowest BCUT2D eigenvalue weighted by Crippen LogP contribution is -1.89. The van der Waals surface area contributed by atoms with Gasteiger partial charge in [-0.1, -0.05) is 62.5 Å². The standard InChI is InChI=1S/C16H12BrClN2O/c1-9-2-4-10(5-3-9)14-15(20-21-16(14)19)12-8-11(17)6-7-13(12)18/h2-8H,19H2,1H3. The second-order valence-electron chi connectivity index (χ2n) is 4.76. The molecule has 0 amide bonds. The molecule has 3 aromatic rings. The maximum Gasteiger partial charge on any atom is 0.230 e. The first-order valence-electron chi connectivity index (χ1n) is 6.34. The molecule has 0 fully saturated rings. The highest BCUT2D eigenvalue weighted by Gasteiger charge is 2.19. The number of hydrogen-bond acceptors (Lipinski definition) is 3. The van der Waals surface area contributed by atoms with E-state index in [-0.39, 0.29) is 5.88 Å². The first-order chi connectivity index (χ1) is 10.1. The molecule has 0 bridgehead atoms. The molecular formula is C16H12BrClN2O. The highest BCUT2D eigenvalue weighted by atomic mass is 79.9. The van der Waals surface area contributed by atoms with Gasteiger partial charge < -0.3 is 10.3 Å². The predicted molar refractivity (Wildman–Crippen MR) is 89.2 cm³/mol. The van der Waals surface area contributed by atoms with Crippen LogP contribution in [0.5, 0.6) is 0 Å². The van der Waals surface area contributed by atoms with E-state index in [2.05, 4.69) is 21.1 Å². The number of aryl methyl sites for hydroxylation is 1. The van der Waals surface area contributed by atoms with Gasteiger partial charge in [-0.15, -0.1) is 0 Å². The van der Waals surface area contributed by atoms with Gasteiger partial charge in [0.25, 0.3) is 0 Å². The van der Waals surface area contributed by atoms with Crippen LogP contribution in [0.4, 0.5) is 5.88 Å². The van der Waals surface area contributed by atoms with Gasteiger partial charge in [-0.25, -0.2) is 0 Å². The maximum absolute atomic E-state index is 6.28. The van der Waals surface area contributed by atoms with Crippen LogP contribution >= 0.6 is 27.5 Å². The van der Waals surface area contributed by atoms with Gasteiger partial charge in [-0.05, 0) is 30.7 Å². The van der Waals surface area contributed by atoms with E-state index in [0.717, 1.165) is 21.2 Å². The molecular weight excluding hydrogens is 352 g/mol. The molecule has 1 heterocycles. The second-order valence-corrected chi connectivity index (χ2v) is 6.08. The van der Waals surface area contributed by atoms with Gasteiger partial charge in [0, 0.05) is 10.0 Å². The van der Waals surface area contributed by atoms with Crippen LogP contribution in [0.15, 0.2) is 51.5 Å². The number of nitrogens with two attached hydrogens (primary N) is 1. The van der Waals surface area contributed by atoms with Gasteiger partial charge in [0.05, 0.1) is 10.6 Å². The Morgan fingerprint density at radius 3 is 2.57 bits per heavy atom. The number of hydrogen-bond donors (Lipinski definition) is 1. The van der Waals surface area contributed by atoms with Crippen LogP contribution in [-0.4, -0.2) is 5.16 Å². The zero-order chi connectivity index (χ0) is 15.0. The minimum Gasteiger partial charge on any atom is -0.367 e. The van der Waals surface area contributed by atoms with Crippen LogP contribution in [0.25, 0.3) is 22.4 Å². The summed E-state index contributed by atoms with van der Waals surface area (Å²) in [4.78, 5) is 0. The molecule has 0 radical (unpaired) electrons. The van der Waals surface area contributed by atoms with Gasteiger partial charge >= 0.3 is 0 Å². The van der Waals surface area contributed by atoms with Gasteiger partial charge in [0.15, 0.2) is 0 Å². The van der Waals surface area contributed by atoms with E-state index in [1.807, 2.05) is 49.4 Å². The third kappa shape index (κ3) is 2.69. The van der Waals surface area contributed by atoms with E-state index in [1.165, 1.54) is 5.56 Å². The summed E-state index contributed by atoms with van der Waals surface area (Å²) >= 11 is 9.72. The molecule has 106 valence electrons. The average molecular weight is 364 g/mol. The lowest BCUT2D eigenvalue weighted by atomic mass is 10.00. The molecule has 3 rings (SSSR count). The van der Waals surface area contributed by atoms with E-state index >= 15 is 0 Å². The number of halogens is 2. The number of benzene rings is 2. The van der Waals surface area contributed by atoms with Crippen LogP contribution in [0, 0.1) is 6.92 Å². The van der Waals surface area contributed by atoms with Crippen molar-refractivity contribution in [2.45, 2.75) is 6.92 Å². The number of anilines is 1. The molecule has 0 aliphatic heterocycles. The van der Waals surface area contributed by atoms with Crippen LogP contribution in [0.3, 0.4) is 0 Å². The zero-order valence-corrected chi connectivity index (χ0v) is 13.6. The Balaban J connectivity index is 2.21. The molecule has 0 unspecified atom stereocenters. The number of rotatable bonds is 2.